The number of rotatable bonds is 11. The summed E-state index contributed by atoms with van der Waals surface area (Å²) in [6, 6.07) is 0. The van der Waals surface area contributed by atoms with E-state index in [1.54, 1.807) is 0 Å². The lowest BCUT2D eigenvalue weighted by atomic mass is 9.86. The van der Waals surface area contributed by atoms with Crippen LogP contribution in [0.15, 0.2) is 11.1 Å². The summed E-state index contributed by atoms with van der Waals surface area (Å²) in [5, 5.41) is 0. The minimum Gasteiger partial charge on any atom is -0.295 e. The normalized spacial score (nSPS) is 10.8. The first kappa shape index (κ1) is 18.4. The third-order valence-corrected chi connectivity index (χ3v) is 3.68. The summed E-state index contributed by atoms with van der Waals surface area (Å²) in [4.78, 5) is 12.5. The van der Waals surface area contributed by atoms with Gasteiger partial charge in [0.1, 0.15) is 0 Å². The minimum atomic E-state index is 0.382. The molecule has 0 saturated carbocycles. The lowest BCUT2D eigenvalue weighted by Crippen LogP contribution is -2.12. The Kier molecular flexibility index (Phi) is 10.9. The molecular weight excluding hydrogens is 232 g/mol. The maximum atomic E-state index is 12.5. The second-order valence-electron chi connectivity index (χ2n) is 5.91. The number of carbonyl (C=O) groups excluding carboxylic acids is 1. The molecule has 1 heteroatoms. The van der Waals surface area contributed by atoms with Crippen molar-refractivity contribution >= 4 is 5.78 Å². The van der Waals surface area contributed by atoms with Gasteiger partial charge in [-0.3, -0.25) is 4.79 Å². The lowest BCUT2D eigenvalue weighted by molar-refractivity contribution is -0.116. The van der Waals surface area contributed by atoms with Crippen LogP contribution < -0.4 is 0 Å². The Balaban J connectivity index is 5.02. The van der Waals surface area contributed by atoms with Crippen molar-refractivity contribution in [1.82, 2.24) is 0 Å². The maximum Gasteiger partial charge on any atom is 0.159 e. The standard InChI is InChI=1S/C18H34O/c1-6-9-12-16(13-10-7-2)18(15(4)5)17(19)14-11-8-3/h15H,6-14H2,1-5H3. The number of hydrogen-bond acceptors (Lipinski definition) is 1. The summed E-state index contributed by atoms with van der Waals surface area (Å²) < 4.78 is 0. The molecule has 0 aliphatic rings. The highest BCUT2D eigenvalue weighted by Gasteiger charge is 2.17. The predicted octanol–water partition coefficient (Wildman–Crippen LogP) is 6.08. The van der Waals surface area contributed by atoms with Crippen molar-refractivity contribution < 1.29 is 4.79 Å². The van der Waals surface area contributed by atoms with Crippen LogP contribution in [0.5, 0.6) is 0 Å². The Bertz CT molecular complexity index is 263. The Morgan fingerprint density at radius 3 is 1.58 bits per heavy atom. The highest BCUT2D eigenvalue weighted by molar-refractivity contribution is 5.96. The molecule has 0 heterocycles. The van der Waals surface area contributed by atoms with Gasteiger partial charge in [0.25, 0.3) is 0 Å². The summed E-state index contributed by atoms with van der Waals surface area (Å²) in [5.41, 5.74) is 2.62. The van der Waals surface area contributed by atoms with Gasteiger partial charge in [0, 0.05) is 6.42 Å². The molecule has 0 fully saturated rings. The van der Waals surface area contributed by atoms with Crippen LogP contribution in [-0.2, 0) is 4.79 Å². The molecule has 0 radical (unpaired) electrons. The Morgan fingerprint density at radius 1 is 0.789 bits per heavy atom. The minimum absolute atomic E-state index is 0.382. The Hall–Kier alpha value is -0.590. The van der Waals surface area contributed by atoms with E-state index in [0.29, 0.717) is 11.7 Å². The molecule has 0 unspecified atom stereocenters. The smallest absolute Gasteiger partial charge is 0.159 e. The fourth-order valence-corrected chi connectivity index (χ4v) is 2.57. The Morgan fingerprint density at radius 2 is 1.21 bits per heavy atom. The zero-order valence-corrected chi connectivity index (χ0v) is 13.8. The fourth-order valence-electron chi connectivity index (χ4n) is 2.57. The molecule has 0 spiro atoms. The largest absolute Gasteiger partial charge is 0.295 e. The van der Waals surface area contributed by atoms with Crippen molar-refractivity contribution in [2.24, 2.45) is 5.92 Å². The van der Waals surface area contributed by atoms with Crippen LogP contribution in [0.2, 0.25) is 0 Å². The van der Waals surface area contributed by atoms with Gasteiger partial charge in [0.2, 0.25) is 0 Å². The van der Waals surface area contributed by atoms with E-state index in [-0.39, 0.29) is 0 Å². The molecule has 0 aromatic rings. The molecule has 0 aromatic heterocycles. The molecule has 19 heavy (non-hydrogen) atoms. The van der Waals surface area contributed by atoms with Crippen LogP contribution in [0, 0.1) is 5.92 Å². The predicted molar refractivity (Wildman–Crippen MR) is 85.4 cm³/mol. The molecule has 112 valence electrons. The van der Waals surface area contributed by atoms with Crippen LogP contribution in [0.25, 0.3) is 0 Å². The zero-order valence-electron chi connectivity index (χ0n) is 13.8. The SMILES string of the molecule is CCCCC(=O)C(=C(CCCC)CCCC)C(C)C. The van der Waals surface area contributed by atoms with Crippen molar-refractivity contribution in [1.29, 1.82) is 0 Å². The van der Waals surface area contributed by atoms with E-state index in [4.69, 9.17) is 0 Å². The van der Waals surface area contributed by atoms with Crippen molar-refractivity contribution in [2.75, 3.05) is 0 Å². The van der Waals surface area contributed by atoms with Crippen LogP contribution in [0.1, 0.15) is 92.4 Å². The Labute approximate surface area is 120 Å². The molecule has 0 amide bonds. The van der Waals surface area contributed by atoms with Gasteiger partial charge in [-0.05, 0) is 43.6 Å². The second kappa shape index (κ2) is 11.3. The first-order chi connectivity index (χ1) is 9.08. The number of ketones is 1. The van der Waals surface area contributed by atoms with Crippen LogP contribution in [0.3, 0.4) is 0 Å². The number of Topliss-reactive ketones (excluding diaryl/α,β-unsaturated/α-hetero) is 1. The lowest BCUT2D eigenvalue weighted by Gasteiger charge is -2.18. The van der Waals surface area contributed by atoms with E-state index in [2.05, 4.69) is 34.6 Å². The maximum absolute atomic E-state index is 12.5. The zero-order chi connectivity index (χ0) is 14.7. The summed E-state index contributed by atoms with van der Waals surface area (Å²) in [6.07, 6.45) is 10.00. The average Bonchev–Trinajstić information content (AvgIpc) is 2.38. The van der Waals surface area contributed by atoms with Gasteiger partial charge in [0.05, 0.1) is 0 Å². The van der Waals surface area contributed by atoms with Gasteiger partial charge in [-0.1, -0.05) is 59.5 Å². The number of carbonyl (C=O) groups is 1. The topological polar surface area (TPSA) is 17.1 Å². The summed E-state index contributed by atoms with van der Waals surface area (Å²) in [7, 11) is 0. The van der Waals surface area contributed by atoms with Crippen LogP contribution in [0.4, 0.5) is 0 Å². The van der Waals surface area contributed by atoms with Gasteiger partial charge in [0.15, 0.2) is 5.78 Å². The summed E-state index contributed by atoms with van der Waals surface area (Å²) >= 11 is 0. The third-order valence-electron chi connectivity index (χ3n) is 3.68. The molecular formula is C18H34O. The molecule has 1 nitrogen and oxygen atoms in total. The summed E-state index contributed by atoms with van der Waals surface area (Å²) in [6.45, 7) is 11.0. The number of hydrogen-bond donors (Lipinski definition) is 0. The van der Waals surface area contributed by atoms with Crippen molar-refractivity contribution in [3.05, 3.63) is 11.1 Å². The van der Waals surface area contributed by atoms with E-state index in [0.717, 1.165) is 37.7 Å². The molecule has 0 bridgehead atoms. The van der Waals surface area contributed by atoms with E-state index in [9.17, 15) is 4.79 Å². The third kappa shape index (κ3) is 7.54. The molecule has 0 N–H and O–H groups in total. The van der Waals surface area contributed by atoms with E-state index < -0.39 is 0 Å². The first-order valence-corrected chi connectivity index (χ1v) is 8.33. The number of unbranched alkanes of at least 4 members (excludes halogenated alkanes) is 3. The van der Waals surface area contributed by atoms with Gasteiger partial charge in [-0.15, -0.1) is 0 Å². The van der Waals surface area contributed by atoms with Gasteiger partial charge >= 0.3 is 0 Å². The van der Waals surface area contributed by atoms with Gasteiger partial charge in [-0.25, -0.2) is 0 Å². The van der Waals surface area contributed by atoms with E-state index >= 15 is 0 Å². The molecule has 0 aliphatic carbocycles. The monoisotopic (exact) mass is 266 g/mol. The molecule has 0 rings (SSSR count). The van der Waals surface area contributed by atoms with E-state index in [1.807, 2.05) is 0 Å². The molecule has 0 atom stereocenters. The first-order valence-electron chi connectivity index (χ1n) is 8.33. The molecule has 0 aliphatic heterocycles. The summed E-state index contributed by atoms with van der Waals surface area (Å²) in [5.74, 6) is 0.798. The highest BCUT2D eigenvalue weighted by atomic mass is 16.1. The van der Waals surface area contributed by atoms with E-state index in [1.165, 1.54) is 31.3 Å². The molecule has 0 saturated heterocycles. The van der Waals surface area contributed by atoms with Crippen LogP contribution in [-0.4, -0.2) is 5.78 Å². The highest BCUT2D eigenvalue weighted by Crippen LogP contribution is 2.26. The second-order valence-corrected chi connectivity index (χ2v) is 5.91. The number of allylic oxidation sites excluding steroid dienone is 2. The fraction of sp³-hybridized carbons (Fsp3) is 0.833. The van der Waals surface area contributed by atoms with Gasteiger partial charge in [-0.2, -0.15) is 0 Å². The van der Waals surface area contributed by atoms with Gasteiger partial charge < -0.3 is 0 Å². The molecule has 0 aromatic carbocycles. The van der Waals surface area contributed by atoms with Crippen molar-refractivity contribution in [3.8, 4) is 0 Å². The quantitative estimate of drug-likeness (QED) is 0.414. The van der Waals surface area contributed by atoms with Crippen LogP contribution >= 0.6 is 0 Å². The van der Waals surface area contributed by atoms with Crippen molar-refractivity contribution in [2.45, 2.75) is 92.4 Å². The van der Waals surface area contributed by atoms with Crippen molar-refractivity contribution in [3.63, 3.8) is 0 Å². The average molecular weight is 266 g/mol.